The maximum Gasteiger partial charge on any atom is 0.302 e. The SMILES string of the molecule is CC(=O)O[C@H]1CCC2(C)[C@H]3CC[C@@H]4C5=C(C(C)C)C(=O)C[C@]5(CC5SCCCS5)CC[C@@]4(C)C3(C)CC[C@H]2C1(C)C. The van der Waals surface area contributed by atoms with E-state index in [0.717, 1.165) is 12.8 Å². The molecule has 6 aliphatic rings. The Morgan fingerprint density at radius 1 is 0.902 bits per heavy atom. The van der Waals surface area contributed by atoms with Crippen molar-refractivity contribution in [3.63, 3.8) is 0 Å². The Hall–Kier alpha value is -0.420. The number of Topliss-reactive ketones (excluding diaryl/α,β-unsaturated/α-hetero) is 1. The molecule has 2 unspecified atom stereocenters. The third-order valence-corrected chi connectivity index (χ3v) is 17.2. The van der Waals surface area contributed by atoms with Gasteiger partial charge in [0.1, 0.15) is 6.10 Å². The quantitative estimate of drug-likeness (QED) is 0.301. The summed E-state index contributed by atoms with van der Waals surface area (Å²) in [5.41, 5.74) is 3.79. The fourth-order valence-electron chi connectivity index (χ4n) is 12.3. The Balaban J connectivity index is 1.37. The van der Waals surface area contributed by atoms with Gasteiger partial charge in [0, 0.05) is 24.2 Å². The highest BCUT2D eigenvalue weighted by Gasteiger charge is 2.70. The van der Waals surface area contributed by atoms with Crippen LogP contribution in [0, 0.1) is 50.7 Å². The van der Waals surface area contributed by atoms with Crippen LogP contribution in [0.15, 0.2) is 11.1 Å². The molecule has 1 heterocycles. The number of ether oxygens (including phenoxy) is 1. The lowest BCUT2D eigenvalue weighted by atomic mass is 9.33. The van der Waals surface area contributed by atoms with Crippen LogP contribution in [0.3, 0.4) is 0 Å². The van der Waals surface area contributed by atoms with Gasteiger partial charge in [-0.05, 0) is 121 Å². The van der Waals surface area contributed by atoms with Gasteiger partial charge >= 0.3 is 5.97 Å². The molecule has 4 saturated carbocycles. The van der Waals surface area contributed by atoms with Gasteiger partial charge in [0.15, 0.2) is 5.78 Å². The number of hydrogen-bond donors (Lipinski definition) is 0. The first-order valence-corrected chi connectivity index (χ1v) is 19.0. The Labute approximate surface area is 258 Å². The number of rotatable bonds is 4. The highest BCUT2D eigenvalue weighted by Crippen LogP contribution is 2.77. The van der Waals surface area contributed by atoms with Crippen molar-refractivity contribution in [1.29, 1.82) is 0 Å². The fourth-order valence-corrected chi connectivity index (χ4v) is 15.5. The molecule has 5 fully saturated rings. The van der Waals surface area contributed by atoms with Crippen molar-refractivity contribution in [3.05, 3.63) is 11.1 Å². The minimum absolute atomic E-state index is 0.0000135. The molecule has 3 nitrogen and oxygen atoms in total. The van der Waals surface area contributed by atoms with E-state index in [-0.39, 0.29) is 39.1 Å². The van der Waals surface area contributed by atoms with Crippen LogP contribution in [0.5, 0.6) is 0 Å². The summed E-state index contributed by atoms with van der Waals surface area (Å²) >= 11 is 4.34. The molecule has 41 heavy (non-hydrogen) atoms. The van der Waals surface area contributed by atoms with E-state index >= 15 is 0 Å². The van der Waals surface area contributed by atoms with Crippen LogP contribution >= 0.6 is 23.5 Å². The summed E-state index contributed by atoms with van der Waals surface area (Å²) in [5, 5.41) is 0. The van der Waals surface area contributed by atoms with E-state index in [9.17, 15) is 9.59 Å². The van der Waals surface area contributed by atoms with Gasteiger partial charge in [0.2, 0.25) is 0 Å². The van der Waals surface area contributed by atoms with Crippen molar-refractivity contribution >= 4 is 35.3 Å². The first-order valence-electron chi connectivity index (χ1n) is 16.9. The van der Waals surface area contributed by atoms with Crippen molar-refractivity contribution in [2.45, 2.75) is 137 Å². The molecule has 8 atom stereocenters. The van der Waals surface area contributed by atoms with Crippen LogP contribution in [0.2, 0.25) is 0 Å². The van der Waals surface area contributed by atoms with Crippen molar-refractivity contribution in [1.82, 2.24) is 0 Å². The lowest BCUT2D eigenvalue weighted by Gasteiger charge is -2.72. The molecule has 1 aliphatic heterocycles. The number of fused-ring (bicyclic) bond motifs is 7. The molecule has 1 saturated heterocycles. The van der Waals surface area contributed by atoms with Crippen LogP contribution in [0.25, 0.3) is 0 Å². The van der Waals surface area contributed by atoms with E-state index in [1.54, 1.807) is 12.5 Å². The van der Waals surface area contributed by atoms with Gasteiger partial charge in [0.05, 0.1) is 4.58 Å². The van der Waals surface area contributed by atoms with E-state index in [1.165, 1.54) is 74.9 Å². The van der Waals surface area contributed by atoms with Crippen LogP contribution < -0.4 is 0 Å². The average molecular weight is 601 g/mol. The topological polar surface area (TPSA) is 43.4 Å². The number of thioether (sulfide) groups is 2. The summed E-state index contributed by atoms with van der Waals surface area (Å²) in [6, 6.07) is 0. The molecule has 5 heteroatoms. The minimum Gasteiger partial charge on any atom is -0.462 e. The summed E-state index contributed by atoms with van der Waals surface area (Å²) in [5.74, 6) is 5.06. The molecule has 230 valence electrons. The molecule has 0 amide bonds. The van der Waals surface area contributed by atoms with Gasteiger partial charge in [-0.25, -0.2) is 0 Å². The standard InChI is InChI=1S/C36H56O3S2/c1-22(2)30-25(38)20-36(21-29-40-18-9-19-41-29)17-16-34(7)24(31(30)36)10-11-27-33(6)14-13-28(39-23(3)37)32(4,5)26(33)12-15-35(27,34)8/h22,24,26-29H,9-21H2,1-8H3/t24-,26+,27-,28+,33?,34-,35?,36+/m1/s1. The second kappa shape index (κ2) is 10.3. The summed E-state index contributed by atoms with van der Waals surface area (Å²) < 4.78 is 6.60. The monoisotopic (exact) mass is 600 g/mol. The number of ketones is 1. The first-order chi connectivity index (χ1) is 19.2. The molecule has 0 aromatic heterocycles. The maximum absolute atomic E-state index is 13.9. The predicted octanol–water partition coefficient (Wildman–Crippen LogP) is 9.49. The normalized spacial score (nSPS) is 46.0. The molecule has 0 N–H and O–H groups in total. The average Bonchev–Trinajstić information content (AvgIpc) is 3.18. The molecule has 0 spiro atoms. The Morgan fingerprint density at radius 3 is 2.27 bits per heavy atom. The van der Waals surface area contributed by atoms with Gasteiger partial charge in [-0.15, -0.1) is 23.5 Å². The van der Waals surface area contributed by atoms with Crippen molar-refractivity contribution < 1.29 is 14.3 Å². The predicted molar refractivity (Wildman–Crippen MR) is 173 cm³/mol. The van der Waals surface area contributed by atoms with Crippen molar-refractivity contribution in [2.24, 2.45) is 50.7 Å². The molecule has 0 radical (unpaired) electrons. The van der Waals surface area contributed by atoms with E-state index < -0.39 is 0 Å². The van der Waals surface area contributed by atoms with E-state index in [0.29, 0.717) is 34.0 Å². The number of carbonyl (C=O) groups is 2. The van der Waals surface area contributed by atoms with Crippen molar-refractivity contribution in [2.75, 3.05) is 11.5 Å². The van der Waals surface area contributed by atoms with E-state index in [1.807, 2.05) is 0 Å². The van der Waals surface area contributed by atoms with Crippen LogP contribution in [-0.2, 0) is 14.3 Å². The minimum atomic E-state index is -0.128. The molecule has 0 aromatic rings. The summed E-state index contributed by atoms with van der Waals surface area (Å²) in [6.45, 7) is 18.9. The first kappa shape index (κ1) is 30.6. The smallest absolute Gasteiger partial charge is 0.302 e. The Kier molecular flexibility index (Phi) is 7.70. The molecular formula is C36H56O3S2. The zero-order chi connectivity index (χ0) is 29.6. The van der Waals surface area contributed by atoms with Gasteiger partial charge in [-0.2, -0.15) is 0 Å². The third-order valence-electron chi connectivity index (χ3n) is 14.3. The second-order valence-electron chi connectivity index (χ2n) is 16.7. The molecule has 6 rings (SSSR count). The number of hydrogen-bond acceptors (Lipinski definition) is 5. The fraction of sp³-hybridized carbons (Fsp3) is 0.889. The second-order valence-corrected chi connectivity index (χ2v) is 19.6. The molecule has 5 aliphatic carbocycles. The zero-order valence-corrected chi connectivity index (χ0v) is 28.8. The van der Waals surface area contributed by atoms with Gasteiger partial charge in [-0.3, -0.25) is 9.59 Å². The van der Waals surface area contributed by atoms with Crippen molar-refractivity contribution in [3.8, 4) is 0 Å². The van der Waals surface area contributed by atoms with Gasteiger partial charge in [-0.1, -0.05) is 54.0 Å². The largest absolute Gasteiger partial charge is 0.462 e. The zero-order valence-electron chi connectivity index (χ0n) is 27.2. The van der Waals surface area contributed by atoms with Gasteiger partial charge < -0.3 is 4.74 Å². The van der Waals surface area contributed by atoms with E-state index in [4.69, 9.17) is 4.74 Å². The highest BCUT2D eigenvalue weighted by molar-refractivity contribution is 8.17. The lowest BCUT2D eigenvalue weighted by molar-refractivity contribution is -0.232. The summed E-state index contributed by atoms with van der Waals surface area (Å²) in [7, 11) is 0. The number of esters is 1. The summed E-state index contributed by atoms with van der Waals surface area (Å²) in [6.07, 6.45) is 13.0. The van der Waals surface area contributed by atoms with Gasteiger partial charge in [0.25, 0.3) is 0 Å². The lowest BCUT2D eigenvalue weighted by Crippen LogP contribution is -2.65. The summed E-state index contributed by atoms with van der Waals surface area (Å²) in [4.78, 5) is 25.9. The van der Waals surface area contributed by atoms with Crippen LogP contribution in [-0.4, -0.2) is 33.9 Å². The Bertz CT molecular complexity index is 1120. The molecule has 0 aromatic carbocycles. The number of allylic oxidation sites excluding steroid dienone is 2. The molecular weight excluding hydrogens is 545 g/mol. The maximum atomic E-state index is 13.9. The molecule has 0 bridgehead atoms. The van der Waals surface area contributed by atoms with Crippen LogP contribution in [0.4, 0.5) is 0 Å². The number of carbonyl (C=O) groups excluding carboxylic acids is 2. The van der Waals surface area contributed by atoms with Crippen LogP contribution in [0.1, 0.15) is 126 Å². The Morgan fingerprint density at radius 2 is 1.61 bits per heavy atom. The third kappa shape index (κ3) is 4.41. The van der Waals surface area contributed by atoms with E-state index in [2.05, 4.69) is 72.0 Å². The highest BCUT2D eigenvalue weighted by atomic mass is 32.2.